The average molecular weight is 329 g/mol. The Morgan fingerprint density at radius 1 is 0.917 bits per heavy atom. The molecule has 0 aromatic heterocycles. The maximum Gasteiger partial charge on any atom is 0.277 e. The summed E-state index contributed by atoms with van der Waals surface area (Å²) >= 11 is 0. The lowest BCUT2D eigenvalue weighted by atomic mass is 10.1. The van der Waals surface area contributed by atoms with Crippen LogP contribution in [0.2, 0.25) is 0 Å². The molecular formula is C15H11N3O6. The van der Waals surface area contributed by atoms with Crippen LogP contribution in [0.1, 0.15) is 27.6 Å². The number of ketones is 1. The molecule has 2 rings (SSSR count). The number of carbonyl (C=O) groups excluding carboxylic acids is 2. The lowest BCUT2D eigenvalue weighted by molar-refractivity contribution is -0.394. The summed E-state index contributed by atoms with van der Waals surface area (Å²) < 4.78 is 0. The van der Waals surface area contributed by atoms with Crippen molar-refractivity contribution in [2.75, 3.05) is 5.32 Å². The van der Waals surface area contributed by atoms with Crippen molar-refractivity contribution in [3.8, 4) is 0 Å². The molecule has 0 aliphatic rings. The molecule has 2 aromatic carbocycles. The van der Waals surface area contributed by atoms with Crippen LogP contribution in [0.15, 0.2) is 42.5 Å². The molecule has 0 spiro atoms. The van der Waals surface area contributed by atoms with Gasteiger partial charge < -0.3 is 5.32 Å². The summed E-state index contributed by atoms with van der Waals surface area (Å²) in [6.45, 7) is 1.37. The summed E-state index contributed by atoms with van der Waals surface area (Å²) in [6, 6.07) is 8.74. The number of Topliss-reactive ketones (excluding diaryl/α,β-unsaturated/α-hetero) is 1. The number of hydrogen-bond acceptors (Lipinski definition) is 6. The highest BCUT2D eigenvalue weighted by Crippen LogP contribution is 2.23. The van der Waals surface area contributed by atoms with Crippen LogP contribution in [0, 0.1) is 20.2 Å². The zero-order chi connectivity index (χ0) is 17.9. The molecule has 24 heavy (non-hydrogen) atoms. The van der Waals surface area contributed by atoms with Crippen molar-refractivity contribution in [1.29, 1.82) is 0 Å². The van der Waals surface area contributed by atoms with Gasteiger partial charge in [-0.15, -0.1) is 0 Å². The molecule has 9 heteroatoms. The zero-order valence-electron chi connectivity index (χ0n) is 12.4. The SMILES string of the molecule is CC(=O)c1cccc(NC(=O)c2cc([N+](=O)[O-])cc([N+](=O)[O-])c2)c1. The summed E-state index contributed by atoms with van der Waals surface area (Å²) in [5.41, 5.74) is -0.692. The Bertz CT molecular complexity index is 830. The number of amides is 1. The first kappa shape index (κ1) is 16.7. The Labute approximate surface area is 135 Å². The molecule has 1 N–H and O–H groups in total. The second kappa shape index (κ2) is 6.65. The number of hydrogen-bond donors (Lipinski definition) is 1. The summed E-state index contributed by atoms with van der Waals surface area (Å²) in [5.74, 6) is -0.959. The van der Waals surface area contributed by atoms with E-state index < -0.39 is 27.1 Å². The van der Waals surface area contributed by atoms with Crippen molar-refractivity contribution in [2.24, 2.45) is 0 Å². The van der Waals surface area contributed by atoms with E-state index in [0.29, 0.717) is 11.3 Å². The molecule has 0 atom stereocenters. The van der Waals surface area contributed by atoms with Crippen LogP contribution in [-0.4, -0.2) is 21.5 Å². The van der Waals surface area contributed by atoms with Crippen LogP contribution >= 0.6 is 0 Å². The van der Waals surface area contributed by atoms with Gasteiger partial charge in [-0.2, -0.15) is 0 Å². The molecular weight excluding hydrogens is 318 g/mol. The van der Waals surface area contributed by atoms with Gasteiger partial charge in [0.05, 0.1) is 21.5 Å². The van der Waals surface area contributed by atoms with Gasteiger partial charge in [0.15, 0.2) is 5.78 Å². The number of benzene rings is 2. The van der Waals surface area contributed by atoms with Gasteiger partial charge in [-0.05, 0) is 19.1 Å². The van der Waals surface area contributed by atoms with E-state index in [2.05, 4.69) is 5.32 Å². The molecule has 0 saturated heterocycles. The van der Waals surface area contributed by atoms with Crippen LogP contribution in [0.4, 0.5) is 17.1 Å². The van der Waals surface area contributed by atoms with Gasteiger partial charge in [-0.3, -0.25) is 29.8 Å². The van der Waals surface area contributed by atoms with E-state index in [1.54, 1.807) is 12.1 Å². The number of rotatable bonds is 5. The van der Waals surface area contributed by atoms with E-state index in [1.807, 2.05) is 0 Å². The third-order valence-corrected chi connectivity index (χ3v) is 3.11. The quantitative estimate of drug-likeness (QED) is 0.509. The van der Waals surface area contributed by atoms with E-state index in [4.69, 9.17) is 0 Å². The van der Waals surface area contributed by atoms with Gasteiger partial charge in [0.2, 0.25) is 0 Å². The van der Waals surface area contributed by atoms with Gasteiger partial charge in [-0.1, -0.05) is 12.1 Å². The van der Waals surface area contributed by atoms with Gasteiger partial charge in [0, 0.05) is 23.4 Å². The molecule has 9 nitrogen and oxygen atoms in total. The Balaban J connectivity index is 2.35. The Hall–Kier alpha value is -3.62. The first-order valence-corrected chi connectivity index (χ1v) is 6.64. The molecule has 0 heterocycles. The maximum atomic E-state index is 12.2. The molecule has 122 valence electrons. The summed E-state index contributed by atoms with van der Waals surface area (Å²) in [7, 11) is 0. The molecule has 0 fully saturated rings. The largest absolute Gasteiger partial charge is 0.322 e. The standard InChI is InChI=1S/C15H11N3O6/c1-9(19)10-3-2-4-12(5-10)16-15(20)11-6-13(17(21)22)8-14(7-11)18(23)24/h2-8H,1H3,(H,16,20). The van der Waals surface area contributed by atoms with E-state index in [1.165, 1.54) is 19.1 Å². The third-order valence-electron chi connectivity index (χ3n) is 3.11. The van der Waals surface area contributed by atoms with E-state index >= 15 is 0 Å². The summed E-state index contributed by atoms with van der Waals surface area (Å²) in [6.07, 6.45) is 0. The highest BCUT2D eigenvalue weighted by molar-refractivity contribution is 6.05. The van der Waals surface area contributed by atoms with Gasteiger partial charge in [0.1, 0.15) is 0 Å². The monoisotopic (exact) mass is 329 g/mol. The first-order chi connectivity index (χ1) is 11.3. The van der Waals surface area contributed by atoms with Crippen LogP contribution in [-0.2, 0) is 0 Å². The van der Waals surface area contributed by atoms with Gasteiger partial charge in [0.25, 0.3) is 17.3 Å². The zero-order valence-corrected chi connectivity index (χ0v) is 12.4. The van der Waals surface area contributed by atoms with Crippen molar-refractivity contribution >= 4 is 28.8 Å². The number of anilines is 1. The first-order valence-electron chi connectivity index (χ1n) is 6.64. The highest BCUT2D eigenvalue weighted by Gasteiger charge is 2.20. The maximum absolute atomic E-state index is 12.2. The number of carbonyl (C=O) groups is 2. The molecule has 0 bridgehead atoms. The van der Waals surface area contributed by atoms with Crippen LogP contribution in [0.5, 0.6) is 0 Å². The number of nitro groups is 2. The average Bonchev–Trinajstić information content (AvgIpc) is 2.54. The second-order valence-electron chi connectivity index (χ2n) is 4.84. The number of nitrogens with zero attached hydrogens (tertiary/aromatic N) is 2. The highest BCUT2D eigenvalue weighted by atomic mass is 16.6. The van der Waals surface area contributed by atoms with Crippen molar-refractivity contribution in [3.05, 3.63) is 73.8 Å². The van der Waals surface area contributed by atoms with Crippen molar-refractivity contribution < 1.29 is 19.4 Å². The Kier molecular flexibility index (Phi) is 4.64. The number of non-ortho nitro benzene ring substituents is 2. The molecule has 0 saturated carbocycles. The minimum Gasteiger partial charge on any atom is -0.322 e. The third kappa shape index (κ3) is 3.77. The molecule has 1 amide bonds. The Morgan fingerprint density at radius 3 is 2.00 bits per heavy atom. The molecule has 0 unspecified atom stereocenters. The predicted molar refractivity (Wildman–Crippen MR) is 84.2 cm³/mol. The smallest absolute Gasteiger partial charge is 0.277 e. The molecule has 0 aliphatic heterocycles. The van der Waals surface area contributed by atoms with Crippen LogP contribution in [0.25, 0.3) is 0 Å². The minimum atomic E-state index is -0.819. The molecule has 0 aliphatic carbocycles. The van der Waals surface area contributed by atoms with Gasteiger partial charge in [-0.25, -0.2) is 0 Å². The Morgan fingerprint density at radius 2 is 1.50 bits per heavy atom. The van der Waals surface area contributed by atoms with Crippen molar-refractivity contribution in [1.82, 2.24) is 0 Å². The lowest BCUT2D eigenvalue weighted by Gasteiger charge is -2.06. The normalized spacial score (nSPS) is 10.0. The lowest BCUT2D eigenvalue weighted by Crippen LogP contribution is -2.13. The van der Waals surface area contributed by atoms with E-state index in [-0.39, 0.29) is 11.3 Å². The second-order valence-corrected chi connectivity index (χ2v) is 4.84. The number of nitro benzene ring substituents is 2. The summed E-state index contributed by atoms with van der Waals surface area (Å²) in [4.78, 5) is 43.6. The van der Waals surface area contributed by atoms with E-state index in [0.717, 1.165) is 18.2 Å². The fourth-order valence-electron chi connectivity index (χ4n) is 1.96. The topological polar surface area (TPSA) is 132 Å². The molecule has 0 radical (unpaired) electrons. The number of nitrogens with one attached hydrogen (secondary N) is 1. The minimum absolute atomic E-state index is 0.197. The fourth-order valence-corrected chi connectivity index (χ4v) is 1.96. The van der Waals surface area contributed by atoms with Crippen molar-refractivity contribution in [3.63, 3.8) is 0 Å². The predicted octanol–water partition coefficient (Wildman–Crippen LogP) is 2.96. The van der Waals surface area contributed by atoms with Crippen molar-refractivity contribution in [2.45, 2.75) is 6.92 Å². The van der Waals surface area contributed by atoms with Gasteiger partial charge >= 0.3 is 0 Å². The molecule has 2 aromatic rings. The van der Waals surface area contributed by atoms with E-state index in [9.17, 15) is 29.8 Å². The fraction of sp³-hybridized carbons (Fsp3) is 0.0667. The van der Waals surface area contributed by atoms with Crippen LogP contribution < -0.4 is 5.32 Å². The summed E-state index contributed by atoms with van der Waals surface area (Å²) in [5, 5.41) is 24.1. The van der Waals surface area contributed by atoms with Crippen LogP contribution in [0.3, 0.4) is 0 Å².